The maximum Gasteiger partial charge on any atom is 0.221 e. The van der Waals surface area contributed by atoms with Crippen LogP contribution in [-0.2, 0) is 11.3 Å². The van der Waals surface area contributed by atoms with E-state index in [0.29, 0.717) is 18.5 Å². The normalized spacial score (nSPS) is 18.2. The Morgan fingerprint density at radius 1 is 1.55 bits per heavy atom. The molecule has 2 rings (SSSR count). The summed E-state index contributed by atoms with van der Waals surface area (Å²) in [6.07, 6.45) is 0.507. The summed E-state index contributed by atoms with van der Waals surface area (Å²) in [7, 11) is 0. The minimum atomic E-state index is -0.210. The Hall–Kier alpha value is -0.780. The number of carbonyl (C=O) groups excluding carboxylic acids is 1. The van der Waals surface area contributed by atoms with E-state index >= 15 is 0 Å². The number of halogens is 2. The summed E-state index contributed by atoms with van der Waals surface area (Å²) in [6.45, 7) is 3.16. The highest BCUT2D eigenvalue weighted by atomic mass is 35.5. The second-order valence-electron chi connectivity index (χ2n) is 4.79. The monoisotopic (exact) mass is 318 g/mol. The molecule has 0 aliphatic carbocycles. The molecule has 1 unspecified atom stereocenters. The highest BCUT2D eigenvalue weighted by Crippen LogP contribution is 2.11. The summed E-state index contributed by atoms with van der Waals surface area (Å²) in [6, 6.07) is 5.19. The van der Waals surface area contributed by atoms with Gasteiger partial charge in [0, 0.05) is 37.1 Å². The van der Waals surface area contributed by atoms with E-state index in [4.69, 9.17) is 0 Å². The lowest BCUT2D eigenvalue weighted by molar-refractivity contribution is -0.121. The first-order valence-electron chi connectivity index (χ1n) is 6.48. The van der Waals surface area contributed by atoms with Gasteiger partial charge in [-0.05, 0) is 24.1 Å². The molecule has 1 saturated heterocycles. The summed E-state index contributed by atoms with van der Waals surface area (Å²) in [5, 5.41) is 6.22. The van der Waals surface area contributed by atoms with Crippen LogP contribution < -0.4 is 10.6 Å². The number of nitrogens with one attached hydrogen (secondary N) is 2. The Morgan fingerprint density at radius 2 is 2.35 bits per heavy atom. The number of hydrogen-bond acceptors (Lipinski definition) is 3. The van der Waals surface area contributed by atoms with Gasteiger partial charge in [0.05, 0.1) is 0 Å². The molecule has 1 fully saturated rings. The third-order valence-electron chi connectivity index (χ3n) is 3.14. The molecule has 1 amide bonds. The third kappa shape index (κ3) is 5.31. The summed E-state index contributed by atoms with van der Waals surface area (Å²) in [5.74, 6) is 1.94. The van der Waals surface area contributed by atoms with E-state index in [-0.39, 0.29) is 30.2 Å². The fourth-order valence-corrected chi connectivity index (χ4v) is 3.01. The highest BCUT2D eigenvalue weighted by Gasteiger charge is 2.16. The molecule has 2 N–H and O–H groups in total. The number of amides is 1. The molecular weight excluding hydrogens is 299 g/mol. The van der Waals surface area contributed by atoms with Gasteiger partial charge >= 0.3 is 0 Å². The maximum absolute atomic E-state index is 13.1. The smallest absolute Gasteiger partial charge is 0.221 e. The first-order chi connectivity index (χ1) is 9.15. The molecule has 0 spiro atoms. The van der Waals surface area contributed by atoms with E-state index in [0.717, 1.165) is 23.6 Å². The van der Waals surface area contributed by atoms with Gasteiger partial charge in [-0.3, -0.25) is 4.79 Å². The molecule has 0 saturated carbocycles. The van der Waals surface area contributed by atoms with Crippen molar-refractivity contribution < 1.29 is 9.18 Å². The Labute approximate surface area is 129 Å². The van der Waals surface area contributed by atoms with Gasteiger partial charge in [-0.2, -0.15) is 11.8 Å². The van der Waals surface area contributed by atoms with Gasteiger partial charge < -0.3 is 10.6 Å². The summed E-state index contributed by atoms with van der Waals surface area (Å²) >= 11 is 1.88. The largest absolute Gasteiger partial charge is 0.352 e. The number of thioether (sulfide) groups is 1. The van der Waals surface area contributed by atoms with E-state index in [1.807, 2.05) is 11.8 Å². The number of benzene rings is 1. The lowest BCUT2D eigenvalue weighted by atomic mass is 10.1. The zero-order valence-electron chi connectivity index (χ0n) is 11.4. The zero-order chi connectivity index (χ0) is 13.7. The quantitative estimate of drug-likeness (QED) is 0.895. The van der Waals surface area contributed by atoms with Gasteiger partial charge in [0.15, 0.2) is 0 Å². The lowest BCUT2D eigenvalue weighted by Gasteiger charge is -2.22. The number of rotatable bonds is 4. The molecule has 1 heterocycles. The molecule has 0 bridgehead atoms. The van der Waals surface area contributed by atoms with Crippen LogP contribution in [0.15, 0.2) is 18.2 Å². The number of hydrogen-bond donors (Lipinski definition) is 2. The Bertz CT molecular complexity index is 453. The molecule has 3 nitrogen and oxygen atoms in total. The summed E-state index contributed by atoms with van der Waals surface area (Å²) in [5.41, 5.74) is 1.54. The maximum atomic E-state index is 13.1. The zero-order valence-corrected chi connectivity index (χ0v) is 13.1. The first-order valence-corrected chi connectivity index (χ1v) is 7.63. The number of aryl methyl sites for hydroxylation is 1. The van der Waals surface area contributed by atoms with Gasteiger partial charge in [0.1, 0.15) is 5.82 Å². The molecule has 112 valence electrons. The van der Waals surface area contributed by atoms with Crippen LogP contribution in [-0.4, -0.2) is 30.0 Å². The second kappa shape index (κ2) is 8.49. The Kier molecular flexibility index (Phi) is 7.34. The van der Waals surface area contributed by atoms with E-state index in [1.54, 1.807) is 19.1 Å². The van der Waals surface area contributed by atoms with Gasteiger partial charge in [0.2, 0.25) is 5.91 Å². The van der Waals surface area contributed by atoms with Crippen LogP contribution in [0.1, 0.15) is 17.5 Å². The molecule has 0 radical (unpaired) electrons. The summed E-state index contributed by atoms with van der Waals surface area (Å²) < 4.78 is 13.1. The first kappa shape index (κ1) is 17.3. The highest BCUT2D eigenvalue weighted by molar-refractivity contribution is 7.99. The molecule has 1 aliphatic rings. The van der Waals surface area contributed by atoms with Crippen molar-refractivity contribution >= 4 is 30.1 Å². The minimum absolute atomic E-state index is 0. The third-order valence-corrected chi connectivity index (χ3v) is 4.27. The van der Waals surface area contributed by atoms with Crippen LogP contribution in [0.5, 0.6) is 0 Å². The van der Waals surface area contributed by atoms with Crippen LogP contribution >= 0.6 is 24.2 Å². The fourth-order valence-electron chi connectivity index (χ4n) is 2.06. The van der Waals surface area contributed by atoms with Crippen molar-refractivity contribution in [2.75, 3.05) is 18.1 Å². The molecule has 1 atom stereocenters. The van der Waals surface area contributed by atoms with Gasteiger partial charge in [0.25, 0.3) is 0 Å². The Balaban J connectivity index is 0.00000200. The molecule has 1 aliphatic heterocycles. The average molecular weight is 319 g/mol. The van der Waals surface area contributed by atoms with Crippen molar-refractivity contribution in [2.45, 2.75) is 25.9 Å². The van der Waals surface area contributed by atoms with Crippen LogP contribution in [0.25, 0.3) is 0 Å². The van der Waals surface area contributed by atoms with E-state index in [9.17, 15) is 9.18 Å². The number of carbonyl (C=O) groups is 1. The van der Waals surface area contributed by atoms with Gasteiger partial charge in [-0.1, -0.05) is 12.1 Å². The predicted molar refractivity (Wildman–Crippen MR) is 84.0 cm³/mol. The van der Waals surface area contributed by atoms with Crippen LogP contribution in [0.4, 0.5) is 4.39 Å². The SMILES string of the molecule is Cc1cc(CNC(=O)CC2CSCCN2)ccc1F.Cl. The standard InChI is InChI=1S/C14H19FN2OS.ClH/c1-10-6-11(2-3-13(10)15)8-17-14(18)7-12-9-19-5-4-16-12;/h2-3,6,12,16H,4-5,7-9H2,1H3,(H,17,18);1H. The molecular formula is C14H20ClFN2OS. The lowest BCUT2D eigenvalue weighted by Crippen LogP contribution is -2.41. The Morgan fingerprint density at radius 3 is 3.00 bits per heavy atom. The van der Waals surface area contributed by atoms with Crippen LogP contribution in [0.3, 0.4) is 0 Å². The molecule has 0 aromatic heterocycles. The van der Waals surface area contributed by atoms with Gasteiger partial charge in [-0.25, -0.2) is 4.39 Å². The van der Waals surface area contributed by atoms with Crippen molar-refractivity contribution in [3.63, 3.8) is 0 Å². The van der Waals surface area contributed by atoms with Crippen molar-refractivity contribution in [1.29, 1.82) is 0 Å². The van der Waals surface area contributed by atoms with E-state index in [2.05, 4.69) is 10.6 Å². The molecule has 20 heavy (non-hydrogen) atoms. The minimum Gasteiger partial charge on any atom is -0.352 e. The van der Waals surface area contributed by atoms with E-state index in [1.165, 1.54) is 6.07 Å². The van der Waals surface area contributed by atoms with Crippen molar-refractivity contribution in [2.24, 2.45) is 0 Å². The fraction of sp³-hybridized carbons (Fsp3) is 0.500. The second-order valence-corrected chi connectivity index (χ2v) is 5.94. The average Bonchev–Trinajstić information content (AvgIpc) is 2.41. The van der Waals surface area contributed by atoms with Gasteiger partial charge in [-0.15, -0.1) is 12.4 Å². The molecule has 1 aromatic carbocycles. The van der Waals surface area contributed by atoms with E-state index < -0.39 is 0 Å². The predicted octanol–water partition coefficient (Wildman–Crippen LogP) is 2.27. The topological polar surface area (TPSA) is 41.1 Å². The van der Waals surface area contributed by atoms with Crippen molar-refractivity contribution in [3.8, 4) is 0 Å². The van der Waals surface area contributed by atoms with Crippen molar-refractivity contribution in [3.05, 3.63) is 35.1 Å². The molecule has 1 aromatic rings. The molecule has 6 heteroatoms. The van der Waals surface area contributed by atoms with Crippen molar-refractivity contribution in [1.82, 2.24) is 10.6 Å². The van der Waals surface area contributed by atoms with Crippen LogP contribution in [0, 0.1) is 12.7 Å². The summed E-state index contributed by atoms with van der Waals surface area (Å²) in [4.78, 5) is 11.8. The van der Waals surface area contributed by atoms with Crippen LogP contribution in [0.2, 0.25) is 0 Å².